The number of hydrogen-bond acceptors (Lipinski definition) is 9. The van der Waals surface area contributed by atoms with Gasteiger partial charge in [-0.2, -0.15) is 13.7 Å². The highest BCUT2D eigenvalue weighted by molar-refractivity contribution is 7.87. The van der Waals surface area contributed by atoms with Gasteiger partial charge in [-0.1, -0.05) is 6.58 Å². The van der Waals surface area contributed by atoms with Gasteiger partial charge in [0, 0.05) is 5.57 Å². The Bertz CT molecular complexity index is 723. The van der Waals surface area contributed by atoms with Gasteiger partial charge in [0.05, 0.1) is 12.0 Å². The maximum Gasteiger partial charge on any atom is 0.344 e. The molecule has 0 N–H and O–H groups in total. The van der Waals surface area contributed by atoms with Crippen molar-refractivity contribution < 1.29 is 36.4 Å². The summed E-state index contributed by atoms with van der Waals surface area (Å²) >= 11 is 0. The number of fused-ring (bicyclic) bond motifs is 1. The molecule has 6 atom stereocenters. The number of ether oxygens (including phenoxy) is 3. The molecule has 0 aromatic rings. The Morgan fingerprint density at radius 1 is 1.30 bits per heavy atom. The lowest BCUT2D eigenvalue weighted by Crippen LogP contribution is -2.47. The number of rotatable bonds is 4. The first kappa shape index (κ1) is 15.9. The molecule has 0 aliphatic carbocycles. The summed E-state index contributed by atoms with van der Waals surface area (Å²) in [4.78, 5) is 23.0. The van der Waals surface area contributed by atoms with Gasteiger partial charge in [-0.25, -0.2) is 9.59 Å². The highest BCUT2D eigenvalue weighted by atomic mass is 32.2. The van der Waals surface area contributed by atoms with Crippen LogP contribution in [0.5, 0.6) is 0 Å². The topological polar surface area (TPSA) is 129 Å². The van der Waals surface area contributed by atoms with Gasteiger partial charge < -0.3 is 14.2 Å². The molecule has 3 rings (SSSR count). The molecule has 3 aliphatic heterocycles. The minimum Gasteiger partial charge on any atom is -0.454 e. The molecule has 3 aliphatic rings. The minimum absolute atomic E-state index is 0.124. The van der Waals surface area contributed by atoms with Crippen LogP contribution in [0.1, 0.15) is 6.92 Å². The van der Waals surface area contributed by atoms with Crippen molar-refractivity contribution in [2.24, 2.45) is 5.92 Å². The lowest BCUT2D eigenvalue weighted by Gasteiger charge is -2.24. The van der Waals surface area contributed by atoms with Gasteiger partial charge in [0.2, 0.25) is 0 Å². The lowest BCUT2D eigenvalue weighted by atomic mass is 9.86. The van der Waals surface area contributed by atoms with Crippen LogP contribution in [0, 0.1) is 17.2 Å². The maximum atomic E-state index is 11.9. The second kappa shape index (κ2) is 5.30. The largest absolute Gasteiger partial charge is 0.454 e. The second-order valence-electron chi connectivity index (χ2n) is 5.55. The standard InChI is InChI=1S/C13H13NO8S/c1-5(2)13(16)19-4-7(15)20-9-8-6(3-14)12-11(21-8)10(9)22-23(12,17)18/h6,8-12H,1,4H2,2H3. The van der Waals surface area contributed by atoms with Crippen molar-refractivity contribution in [2.45, 2.75) is 36.6 Å². The van der Waals surface area contributed by atoms with E-state index >= 15 is 0 Å². The molecule has 0 radical (unpaired) electrons. The summed E-state index contributed by atoms with van der Waals surface area (Å²) in [5.41, 5.74) is 0.124. The number of carbonyl (C=O) groups is 2. The average Bonchev–Trinajstić information content (AvgIpc) is 3.06. The average molecular weight is 343 g/mol. The van der Waals surface area contributed by atoms with E-state index in [1.807, 2.05) is 6.07 Å². The first-order valence-electron chi connectivity index (χ1n) is 6.75. The fraction of sp³-hybridized carbons (Fsp3) is 0.615. The Balaban J connectivity index is 1.69. The predicted molar refractivity (Wildman–Crippen MR) is 71.0 cm³/mol. The van der Waals surface area contributed by atoms with E-state index < -0.39 is 64.2 Å². The Morgan fingerprint density at radius 3 is 2.61 bits per heavy atom. The normalized spacial score (nSPS) is 38.8. The number of esters is 2. The monoisotopic (exact) mass is 343 g/mol. The predicted octanol–water partition coefficient (Wildman–Crippen LogP) is -0.965. The first-order chi connectivity index (χ1) is 10.8. The van der Waals surface area contributed by atoms with Crippen molar-refractivity contribution in [1.29, 1.82) is 5.26 Å². The zero-order valence-corrected chi connectivity index (χ0v) is 12.8. The number of nitrogens with zero attached hydrogens (tertiary/aromatic N) is 1. The van der Waals surface area contributed by atoms with Gasteiger partial charge in [0.15, 0.2) is 12.7 Å². The SMILES string of the molecule is C=C(C)C(=O)OCC(=O)OC1C2OC3C1OS(=O)(=O)C3C2C#N. The molecule has 3 fully saturated rings. The van der Waals surface area contributed by atoms with Gasteiger partial charge in [0.1, 0.15) is 23.6 Å². The van der Waals surface area contributed by atoms with Gasteiger partial charge in [0.25, 0.3) is 10.1 Å². The van der Waals surface area contributed by atoms with Gasteiger partial charge in [-0.3, -0.25) is 4.18 Å². The van der Waals surface area contributed by atoms with Crippen LogP contribution in [0.4, 0.5) is 0 Å². The maximum absolute atomic E-state index is 11.9. The van der Waals surface area contributed by atoms with Gasteiger partial charge in [-0.05, 0) is 6.92 Å². The zero-order chi connectivity index (χ0) is 16.9. The van der Waals surface area contributed by atoms with Gasteiger partial charge >= 0.3 is 11.9 Å². The third kappa shape index (κ3) is 2.41. The summed E-state index contributed by atoms with van der Waals surface area (Å²) < 4.78 is 43.9. The van der Waals surface area contributed by atoms with E-state index in [9.17, 15) is 18.0 Å². The molecule has 124 valence electrons. The molecule has 10 heteroatoms. The summed E-state index contributed by atoms with van der Waals surface area (Å²) in [5.74, 6) is -2.61. The molecule has 0 aromatic heterocycles. The van der Waals surface area contributed by atoms with Crippen molar-refractivity contribution in [3.63, 3.8) is 0 Å². The zero-order valence-electron chi connectivity index (χ0n) is 12.0. The molecule has 3 heterocycles. The van der Waals surface area contributed by atoms with Crippen molar-refractivity contribution in [3.05, 3.63) is 12.2 Å². The fourth-order valence-electron chi connectivity index (χ4n) is 3.04. The Labute approximate surface area is 131 Å². The van der Waals surface area contributed by atoms with E-state index in [4.69, 9.17) is 18.9 Å². The van der Waals surface area contributed by atoms with Crippen molar-refractivity contribution in [3.8, 4) is 6.07 Å². The highest BCUT2D eigenvalue weighted by Crippen LogP contribution is 2.50. The van der Waals surface area contributed by atoms with Crippen LogP contribution in [0.2, 0.25) is 0 Å². The number of nitriles is 1. The third-order valence-corrected chi connectivity index (χ3v) is 5.70. The van der Waals surface area contributed by atoms with Crippen LogP contribution in [0.3, 0.4) is 0 Å². The smallest absolute Gasteiger partial charge is 0.344 e. The number of hydrogen-bond donors (Lipinski definition) is 0. The van der Waals surface area contributed by atoms with Crippen LogP contribution in [0.25, 0.3) is 0 Å². The van der Waals surface area contributed by atoms with Crippen molar-refractivity contribution in [2.75, 3.05) is 6.61 Å². The highest BCUT2D eigenvalue weighted by Gasteiger charge is 2.72. The van der Waals surface area contributed by atoms with E-state index in [0.29, 0.717) is 0 Å². The molecule has 2 bridgehead atoms. The van der Waals surface area contributed by atoms with Crippen LogP contribution >= 0.6 is 0 Å². The van der Waals surface area contributed by atoms with E-state index in [0.717, 1.165) is 0 Å². The first-order valence-corrected chi connectivity index (χ1v) is 8.22. The van der Waals surface area contributed by atoms with Gasteiger partial charge in [-0.15, -0.1) is 0 Å². The third-order valence-electron chi connectivity index (χ3n) is 3.98. The summed E-state index contributed by atoms with van der Waals surface area (Å²) in [7, 11) is -3.93. The van der Waals surface area contributed by atoms with Crippen molar-refractivity contribution >= 4 is 22.1 Å². The molecule has 9 nitrogen and oxygen atoms in total. The summed E-state index contributed by atoms with van der Waals surface area (Å²) in [6.45, 7) is 4.14. The van der Waals surface area contributed by atoms with Crippen molar-refractivity contribution in [1.82, 2.24) is 0 Å². The molecular weight excluding hydrogens is 330 g/mol. The van der Waals surface area contributed by atoms with Crippen LogP contribution in [-0.4, -0.2) is 56.6 Å². The number of carbonyl (C=O) groups excluding carboxylic acids is 2. The Hall–Kier alpha value is -1.96. The van der Waals surface area contributed by atoms with Crippen LogP contribution in [-0.2, 0) is 38.1 Å². The molecule has 6 unspecified atom stereocenters. The Kier molecular flexibility index (Phi) is 3.66. The molecule has 0 saturated carbocycles. The van der Waals surface area contributed by atoms with E-state index in [1.165, 1.54) is 6.92 Å². The lowest BCUT2D eigenvalue weighted by molar-refractivity contribution is -0.165. The van der Waals surface area contributed by atoms with Crippen LogP contribution < -0.4 is 0 Å². The minimum atomic E-state index is -3.93. The van der Waals surface area contributed by atoms with E-state index in [-0.39, 0.29) is 5.57 Å². The molecule has 0 aromatic carbocycles. The summed E-state index contributed by atoms with van der Waals surface area (Å²) in [6.07, 6.45) is -3.71. The molecular formula is C13H13NO8S. The Morgan fingerprint density at radius 2 is 2.00 bits per heavy atom. The second-order valence-corrected chi connectivity index (χ2v) is 7.27. The molecule has 23 heavy (non-hydrogen) atoms. The quantitative estimate of drug-likeness (QED) is 0.360. The molecule has 0 amide bonds. The van der Waals surface area contributed by atoms with E-state index in [1.54, 1.807) is 0 Å². The summed E-state index contributed by atoms with van der Waals surface area (Å²) in [6, 6.07) is 1.87. The molecule has 0 spiro atoms. The van der Waals surface area contributed by atoms with E-state index in [2.05, 4.69) is 11.3 Å². The fourth-order valence-corrected chi connectivity index (χ4v) is 4.82. The summed E-state index contributed by atoms with van der Waals surface area (Å²) in [5, 5.41) is 8.10. The van der Waals surface area contributed by atoms with Crippen LogP contribution in [0.15, 0.2) is 12.2 Å². The molecule has 3 saturated heterocycles.